The Morgan fingerprint density at radius 1 is 1.15 bits per heavy atom. The minimum atomic E-state index is 0.232. The van der Waals surface area contributed by atoms with Crippen molar-refractivity contribution in [1.29, 1.82) is 0 Å². The molecule has 0 radical (unpaired) electrons. The predicted octanol–water partition coefficient (Wildman–Crippen LogP) is 3.03. The van der Waals surface area contributed by atoms with Gasteiger partial charge in [-0.3, -0.25) is 4.90 Å². The molecule has 0 aromatic carbocycles. The smallest absolute Gasteiger partial charge is 0.0678 e. The summed E-state index contributed by atoms with van der Waals surface area (Å²) in [6, 6.07) is 0. The summed E-state index contributed by atoms with van der Waals surface area (Å²) in [6.45, 7) is 12.0. The molecule has 2 unspecified atom stereocenters. The maximum absolute atomic E-state index is 6.27. The lowest BCUT2D eigenvalue weighted by Gasteiger charge is -2.48. The van der Waals surface area contributed by atoms with Gasteiger partial charge in [-0.05, 0) is 44.9 Å². The monoisotopic (exact) mass is 282 g/mol. The van der Waals surface area contributed by atoms with Gasteiger partial charge in [-0.15, -0.1) is 0 Å². The van der Waals surface area contributed by atoms with Gasteiger partial charge in [0.2, 0.25) is 0 Å². The Bertz CT molecular complexity index is 297. The molecule has 3 heteroatoms. The highest BCUT2D eigenvalue weighted by atomic mass is 16.5. The number of nitrogens with two attached hydrogens (primary N) is 1. The minimum absolute atomic E-state index is 0.232. The molecule has 118 valence electrons. The molecule has 0 aromatic heterocycles. The molecule has 2 aliphatic rings. The molecular formula is C17H34N2O. The zero-order valence-electron chi connectivity index (χ0n) is 13.9. The Kier molecular flexibility index (Phi) is 5.49. The molecule has 2 rings (SSSR count). The van der Waals surface area contributed by atoms with Gasteiger partial charge in [-0.25, -0.2) is 0 Å². The molecule has 0 aromatic rings. The average Bonchev–Trinajstić information content (AvgIpc) is 2.60. The summed E-state index contributed by atoms with van der Waals surface area (Å²) in [7, 11) is 0. The fourth-order valence-corrected chi connectivity index (χ4v) is 4.30. The van der Waals surface area contributed by atoms with Gasteiger partial charge < -0.3 is 10.5 Å². The summed E-state index contributed by atoms with van der Waals surface area (Å²) < 4.78 is 5.90. The summed E-state index contributed by atoms with van der Waals surface area (Å²) in [6.07, 6.45) is 7.28. The molecule has 1 heterocycles. The highest BCUT2D eigenvalue weighted by molar-refractivity contribution is 4.97. The Morgan fingerprint density at radius 2 is 1.80 bits per heavy atom. The molecule has 4 atom stereocenters. The van der Waals surface area contributed by atoms with Crippen LogP contribution in [-0.4, -0.2) is 42.3 Å². The first-order valence-electron chi connectivity index (χ1n) is 8.57. The van der Waals surface area contributed by atoms with E-state index in [1.165, 1.54) is 32.1 Å². The third-order valence-electron chi connectivity index (χ3n) is 5.61. The van der Waals surface area contributed by atoms with Crippen LogP contribution >= 0.6 is 0 Å². The summed E-state index contributed by atoms with van der Waals surface area (Å²) in [4.78, 5) is 2.66. The second-order valence-corrected chi connectivity index (χ2v) is 7.53. The molecule has 0 amide bonds. The fraction of sp³-hybridized carbons (Fsp3) is 1.00. The van der Waals surface area contributed by atoms with Crippen molar-refractivity contribution in [3.05, 3.63) is 0 Å². The second kappa shape index (κ2) is 6.76. The van der Waals surface area contributed by atoms with Crippen LogP contribution in [0.15, 0.2) is 0 Å². The van der Waals surface area contributed by atoms with Crippen molar-refractivity contribution in [3.63, 3.8) is 0 Å². The largest absolute Gasteiger partial charge is 0.373 e. The molecule has 2 fully saturated rings. The SMILES string of the molecule is CC(C)C1CCCC(CN)(N2C[C@@H](C)O[C@@H](C)C2)CC1. The van der Waals surface area contributed by atoms with E-state index in [1.807, 2.05) is 0 Å². The van der Waals surface area contributed by atoms with Crippen molar-refractivity contribution in [1.82, 2.24) is 4.90 Å². The summed E-state index contributed by atoms with van der Waals surface area (Å²) in [5.41, 5.74) is 6.50. The third-order valence-corrected chi connectivity index (χ3v) is 5.61. The van der Waals surface area contributed by atoms with E-state index in [0.29, 0.717) is 12.2 Å². The quantitative estimate of drug-likeness (QED) is 0.809. The highest BCUT2D eigenvalue weighted by Gasteiger charge is 2.40. The van der Waals surface area contributed by atoms with Crippen LogP contribution in [0.1, 0.15) is 59.8 Å². The van der Waals surface area contributed by atoms with E-state index in [1.54, 1.807) is 0 Å². The highest BCUT2D eigenvalue weighted by Crippen LogP contribution is 2.38. The van der Waals surface area contributed by atoms with Crippen LogP contribution in [-0.2, 0) is 4.74 Å². The van der Waals surface area contributed by atoms with Crippen molar-refractivity contribution < 1.29 is 4.74 Å². The zero-order chi connectivity index (χ0) is 14.8. The van der Waals surface area contributed by atoms with E-state index in [9.17, 15) is 0 Å². The third kappa shape index (κ3) is 3.55. The van der Waals surface area contributed by atoms with Crippen LogP contribution in [0.3, 0.4) is 0 Å². The topological polar surface area (TPSA) is 38.5 Å². The molecule has 1 saturated heterocycles. The van der Waals surface area contributed by atoms with Gasteiger partial charge in [-0.2, -0.15) is 0 Å². The van der Waals surface area contributed by atoms with Gasteiger partial charge in [0.25, 0.3) is 0 Å². The van der Waals surface area contributed by atoms with Gasteiger partial charge >= 0.3 is 0 Å². The molecule has 2 N–H and O–H groups in total. The maximum atomic E-state index is 6.27. The summed E-state index contributed by atoms with van der Waals surface area (Å²) >= 11 is 0. The standard InChI is InChI=1S/C17H34N2O/c1-13(2)16-6-5-8-17(12-18,9-7-16)19-10-14(3)20-15(4)11-19/h13-16H,5-12,18H2,1-4H3/t14-,15+,16?,17?. The number of ether oxygens (including phenoxy) is 1. The van der Waals surface area contributed by atoms with Gasteiger partial charge in [0.05, 0.1) is 12.2 Å². The first-order chi connectivity index (χ1) is 9.47. The van der Waals surface area contributed by atoms with Gasteiger partial charge in [0, 0.05) is 25.2 Å². The lowest BCUT2D eigenvalue weighted by molar-refractivity contribution is -0.104. The van der Waals surface area contributed by atoms with Crippen LogP contribution in [0.5, 0.6) is 0 Å². The normalized spacial score (nSPS) is 40.8. The molecular weight excluding hydrogens is 248 g/mol. The second-order valence-electron chi connectivity index (χ2n) is 7.53. The Hall–Kier alpha value is -0.120. The van der Waals surface area contributed by atoms with Crippen molar-refractivity contribution in [3.8, 4) is 0 Å². The van der Waals surface area contributed by atoms with Gasteiger partial charge in [0.1, 0.15) is 0 Å². The number of nitrogens with zero attached hydrogens (tertiary/aromatic N) is 1. The fourth-order valence-electron chi connectivity index (χ4n) is 4.30. The number of morpholine rings is 1. The molecule has 20 heavy (non-hydrogen) atoms. The van der Waals surface area contributed by atoms with Crippen LogP contribution in [0.25, 0.3) is 0 Å². The van der Waals surface area contributed by atoms with Crippen LogP contribution in [0.4, 0.5) is 0 Å². The maximum Gasteiger partial charge on any atom is 0.0678 e. The van der Waals surface area contributed by atoms with Gasteiger partial charge in [-0.1, -0.05) is 26.7 Å². The van der Waals surface area contributed by atoms with Crippen LogP contribution in [0, 0.1) is 11.8 Å². The molecule has 0 spiro atoms. The zero-order valence-corrected chi connectivity index (χ0v) is 13.9. The average molecular weight is 282 g/mol. The number of rotatable bonds is 3. The summed E-state index contributed by atoms with van der Waals surface area (Å²) in [5, 5.41) is 0. The lowest BCUT2D eigenvalue weighted by atomic mass is 9.85. The van der Waals surface area contributed by atoms with Crippen LogP contribution in [0.2, 0.25) is 0 Å². The van der Waals surface area contributed by atoms with Crippen molar-refractivity contribution in [2.24, 2.45) is 17.6 Å². The number of hydrogen-bond donors (Lipinski definition) is 1. The van der Waals surface area contributed by atoms with Crippen molar-refractivity contribution in [2.45, 2.75) is 77.5 Å². The van der Waals surface area contributed by atoms with Gasteiger partial charge in [0.15, 0.2) is 0 Å². The molecule has 1 aliphatic carbocycles. The van der Waals surface area contributed by atoms with Crippen molar-refractivity contribution in [2.75, 3.05) is 19.6 Å². The number of hydrogen-bond acceptors (Lipinski definition) is 3. The Balaban J connectivity index is 2.08. The van der Waals surface area contributed by atoms with E-state index in [2.05, 4.69) is 32.6 Å². The molecule has 0 bridgehead atoms. The van der Waals surface area contributed by atoms with Crippen molar-refractivity contribution >= 4 is 0 Å². The Morgan fingerprint density at radius 3 is 2.35 bits per heavy atom. The predicted molar refractivity (Wildman–Crippen MR) is 84.8 cm³/mol. The minimum Gasteiger partial charge on any atom is -0.373 e. The molecule has 1 aliphatic heterocycles. The first kappa shape index (κ1) is 16.3. The summed E-state index contributed by atoms with van der Waals surface area (Å²) in [5.74, 6) is 1.70. The van der Waals surface area contributed by atoms with E-state index < -0.39 is 0 Å². The first-order valence-corrected chi connectivity index (χ1v) is 8.57. The van der Waals surface area contributed by atoms with E-state index in [0.717, 1.165) is 31.5 Å². The van der Waals surface area contributed by atoms with E-state index >= 15 is 0 Å². The Labute approximate surface area is 125 Å². The molecule has 1 saturated carbocycles. The van der Waals surface area contributed by atoms with E-state index in [-0.39, 0.29) is 5.54 Å². The van der Waals surface area contributed by atoms with E-state index in [4.69, 9.17) is 10.5 Å². The molecule has 3 nitrogen and oxygen atoms in total. The van der Waals surface area contributed by atoms with Crippen LogP contribution < -0.4 is 5.73 Å². The lowest BCUT2D eigenvalue weighted by Crippen LogP contribution is -2.60.